The number of pyridine rings is 1. The van der Waals surface area contributed by atoms with Crippen molar-refractivity contribution in [3.63, 3.8) is 0 Å². The highest BCUT2D eigenvalue weighted by molar-refractivity contribution is 7.99. The molecule has 2 amide bonds. The third kappa shape index (κ3) is 6.97. The highest BCUT2D eigenvalue weighted by Gasteiger charge is 2.26. The molecule has 148 valence electrons. The van der Waals surface area contributed by atoms with Gasteiger partial charge in [0.05, 0.1) is 0 Å². The molecule has 2 rings (SSSR count). The first kappa shape index (κ1) is 21.4. The minimum absolute atomic E-state index is 0.0267. The van der Waals surface area contributed by atoms with Gasteiger partial charge in [0.15, 0.2) is 5.78 Å². The van der Waals surface area contributed by atoms with Crippen molar-refractivity contribution in [3.05, 3.63) is 30.1 Å². The van der Waals surface area contributed by atoms with Crippen LogP contribution < -0.4 is 0 Å². The number of amides is 2. The normalized spacial score (nSPS) is 15.3. The Balaban J connectivity index is 1.96. The predicted octanol–water partition coefficient (Wildman–Crippen LogP) is 2.49. The molecule has 0 N–H and O–H groups in total. The van der Waals surface area contributed by atoms with Crippen molar-refractivity contribution >= 4 is 29.4 Å². The second-order valence-corrected chi connectivity index (χ2v) is 8.11. The molecular formula is C20H29N3O3S. The van der Waals surface area contributed by atoms with Crippen LogP contribution in [0.1, 0.15) is 43.0 Å². The van der Waals surface area contributed by atoms with E-state index >= 15 is 0 Å². The van der Waals surface area contributed by atoms with E-state index in [-0.39, 0.29) is 29.9 Å². The van der Waals surface area contributed by atoms with Crippen LogP contribution in [0.25, 0.3) is 0 Å². The number of nitrogens with zero attached hydrogens (tertiary/aromatic N) is 3. The molecule has 0 bridgehead atoms. The van der Waals surface area contributed by atoms with Crippen LogP contribution in [-0.4, -0.2) is 70.6 Å². The maximum atomic E-state index is 12.9. The fourth-order valence-electron chi connectivity index (χ4n) is 3.04. The fourth-order valence-corrected chi connectivity index (χ4v) is 4.16. The zero-order chi connectivity index (χ0) is 19.6. The molecule has 2 heterocycles. The minimum atomic E-state index is -0.365. The summed E-state index contributed by atoms with van der Waals surface area (Å²) in [6.45, 7) is 3.76. The molecule has 1 aliphatic heterocycles. The van der Waals surface area contributed by atoms with Gasteiger partial charge in [-0.3, -0.25) is 19.4 Å². The zero-order valence-electron chi connectivity index (χ0n) is 16.2. The fraction of sp³-hybridized carbons (Fsp3) is 0.600. The average Bonchev–Trinajstić information content (AvgIpc) is 2.70. The number of rotatable bonds is 9. The summed E-state index contributed by atoms with van der Waals surface area (Å²) in [5.41, 5.74) is 0.551. The van der Waals surface area contributed by atoms with E-state index in [4.69, 9.17) is 0 Å². The van der Waals surface area contributed by atoms with Crippen molar-refractivity contribution in [2.24, 2.45) is 5.92 Å². The molecule has 7 heteroatoms. The molecule has 0 aliphatic carbocycles. The Morgan fingerprint density at radius 3 is 2.63 bits per heavy atom. The lowest BCUT2D eigenvalue weighted by atomic mass is 9.96. The smallest absolute Gasteiger partial charge is 0.223 e. The minimum Gasteiger partial charge on any atom is -0.345 e. The Morgan fingerprint density at radius 1 is 1.26 bits per heavy atom. The van der Waals surface area contributed by atoms with Gasteiger partial charge in [-0.05, 0) is 31.4 Å². The van der Waals surface area contributed by atoms with E-state index in [1.807, 2.05) is 4.90 Å². The van der Waals surface area contributed by atoms with Crippen LogP contribution >= 0.6 is 11.8 Å². The summed E-state index contributed by atoms with van der Waals surface area (Å²) >= 11 is 1.61. The molecule has 0 radical (unpaired) electrons. The van der Waals surface area contributed by atoms with Crippen LogP contribution in [0.15, 0.2) is 24.5 Å². The topological polar surface area (TPSA) is 70.6 Å². The second kappa shape index (κ2) is 11.1. The first-order valence-electron chi connectivity index (χ1n) is 9.50. The molecular weight excluding hydrogens is 362 g/mol. The Hall–Kier alpha value is -1.89. The van der Waals surface area contributed by atoms with Crippen molar-refractivity contribution < 1.29 is 14.4 Å². The lowest BCUT2D eigenvalue weighted by molar-refractivity contribution is -0.132. The molecule has 1 atom stereocenters. The van der Waals surface area contributed by atoms with Crippen LogP contribution in [0.2, 0.25) is 0 Å². The number of piperidine rings is 1. The number of thioether (sulfide) groups is 1. The Bertz CT molecular complexity index is 633. The number of likely N-dealkylation sites (tertiary alicyclic amines) is 1. The van der Waals surface area contributed by atoms with E-state index in [9.17, 15) is 14.4 Å². The number of ketones is 1. The van der Waals surface area contributed by atoms with E-state index in [1.165, 1.54) is 13.3 Å². The summed E-state index contributed by atoms with van der Waals surface area (Å²) in [5.74, 6) is 1.01. The van der Waals surface area contributed by atoms with Crippen LogP contribution in [0, 0.1) is 5.92 Å². The first-order chi connectivity index (χ1) is 13.0. The molecule has 1 unspecified atom stereocenters. The number of Topliss-reactive ketones (excluding diaryl/α,β-unsaturated/α-hetero) is 1. The number of carbonyl (C=O) groups excluding carboxylic acids is 3. The van der Waals surface area contributed by atoms with E-state index in [1.54, 1.807) is 48.2 Å². The number of hydrogen-bond donors (Lipinski definition) is 0. The molecule has 1 fully saturated rings. The number of aromatic nitrogens is 1. The van der Waals surface area contributed by atoms with Crippen molar-refractivity contribution in [2.45, 2.75) is 32.6 Å². The number of carbonyl (C=O) groups is 3. The highest BCUT2D eigenvalue weighted by atomic mass is 32.2. The standard InChI is InChI=1S/C20H29N3O3S/c1-16(24)22(2)11-12-27-15-18(20(26)17-7-6-8-21-14-17)13-19(25)23-9-4-3-5-10-23/h6-8,14,18H,3-5,9-13,15H2,1-2H3. The van der Waals surface area contributed by atoms with Crippen LogP contribution in [-0.2, 0) is 9.59 Å². The molecule has 6 nitrogen and oxygen atoms in total. The first-order valence-corrected chi connectivity index (χ1v) is 10.7. The van der Waals surface area contributed by atoms with Crippen LogP contribution in [0.5, 0.6) is 0 Å². The SMILES string of the molecule is CC(=O)N(C)CCSCC(CC(=O)N1CCCCC1)C(=O)c1cccnc1. The molecule has 1 aromatic heterocycles. The molecule has 1 saturated heterocycles. The van der Waals surface area contributed by atoms with Gasteiger partial charge >= 0.3 is 0 Å². The largest absolute Gasteiger partial charge is 0.345 e. The average molecular weight is 392 g/mol. The number of hydrogen-bond acceptors (Lipinski definition) is 5. The lowest BCUT2D eigenvalue weighted by Gasteiger charge is -2.28. The molecule has 0 spiro atoms. The van der Waals surface area contributed by atoms with E-state index in [0.717, 1.165) is 31.7 Å². The summed E-state index contributed by atoms with van der Waals surface area (Å²) in [5, 5.41) is 0. The Labute approximate surface area is 165 Å². The van der Waals surface area contributed by atoms with Gasteiger partial charge in [-0.1, -0.05) is 0 Å². The van der Waals surface area contributed by atoms with Gasteiger partial charge in [0.25, 0.3) is 0 Å². The third-order valence-corrected chi connectivity index (χ3v) is 5.98. The van der Waals surface area contributed by atoms with Crippen molar-refractivity contribution in [1.29, 1.82) is 0 Å². The zero-order valence-corrected chi connectivity index (χ0v) is 17.0. The summed E-state index contributed by atoms with van der Waals surface area (Å²) in [4.78, 5) is 44.4. The van der Waals surface area contributed by atoms with Crippen molar-refractivity contribution in [1.82, 2.24) is 14.8 Å². The summed E-state index contributed by atoms with van der Waals surface area (Å²) in [6.07, 6.45) is 6.69. The lowest BCUT2D eigenvalue weighted by Crippen LogP contribution is -2.38. The predicted molar refractivity (Wildman–Crippen MR) is 108 cm³/mol. The van der Waals surface area contributed by atoms with Crippen LogP contribution in [0.3, 0.4) is 0 Å². The van der Waals surface area contributed by atoms with Gasteiger partial charge in [-0.2, -0.15) is 11.8 Å². The van der Waals surface area contributed by atoms with Crippen molar-refractivity contribution in [2.75, 3.05) is 38.2 Å². The van der Waals surface area contributed by atoms with Gasteiger partial charge in [0.2, 0.25) is 11.8 Å². The second-order valence-electron chi connectivity index (χ2n) is 6.96. The Morgan fingerprint density at radius 2 is 2.00 bits per heavy atom. The van der Waals surface area contributed by atoms with Gasteiger partial charge in [0.1, 0.15) is 0 Å². The molecule has 1 aromatic rings. The van der Waals surface area contributed by atoms with E-state index in [2.05, 4.69) is 4.98 Å². The van der Waals surface area contributed by atoms with Crippen molar-refractivity contribution in [3.8, 4) is 0 Å². The molecule has 0 aromatic carbocycles. The quantitative estimate of drug-likeness (QED) is 0.478. The molecule has 1 aliphatic rings. The summed E-state index contributed by atoms with van der Waals surface area (Å²) in [6, 6.07) is 3.49. The monoisotopic (exact) mass is 391 g/mol. The summed E-state index contributed by atoms with van der Waals surface area (Å²) < 4.78 is 0. The molecule has 27 heavy (non-hydrogen) atoms. The third-order valence-electron chi connectivity index (χ3n) is 4.87. The highest BCUT2D eigenvalue weighted by Crippen LogP contribution is 2.20. The summed E-state index contributed by atoms with van der Waals surface area (Å²) in [7, 11) is 1.76. The molecule has 0 saturated carbocycles. The Kier molecular flexibility index (Phi) is 8.78. The maximum Gasteiger partial charge on any atom is 0.223 e. The van der Waals surface area contributed by atoms with Gasteiger partial charge in [-0.25, -0.2) is 0 Å². The van der Waals surface area contributed by atoms with E-state index < -0.39 is 0 Å². The van der Waals surface area contributed by atoms with Gasteiger partial charge in [0, 0.05) is 75.4 Å². The van der Waals surface area contributed by atoms with Crippen LogP contribution in [0.4, 0.5) is 0 Å². The van der Waals surface area contributed by atoms with Gasteiger partial charge < -0.3 is 9.80 Å². The van der Waals surface area contributed by atoms with Gasteiger partial charge in [-0.15, -0.1) is 0 Å². The van der Waals surface area contributed by atoms with E-state index in [0.29, 0.717) is 17.9 Å². The maximum absolute atomic E-state index is 12.9.